The van der Waals surface area contributed by atoms with Crippen molar-refractivity contribution in [3.8, 4) is 22.9 Å². The maximum absolute atomic E-state index is 9.65. The predicted molar refractivity (Wildman–Crippen MR) is 52.2 cm³/mol. The number of hydrogen-bond acceptors (Lipinski definition) is 3. The third-order valence-electron chi connectivity index (χ3n) is 1.96. The molecule has 0 unspecified atom stereocenters. The van der Waals surface area contributed by atoms with Crippen molar-refractivity contribution in [1.29, 1.82) is 0 Å². The fourth-order valence-electron chi connectivity index (χ4n) is 1.33. The standard InChI is InChI=1S/C10H10N2O2/c1-14-8-4-2-3-7(13)9(8)10-11-5-6-12-10/h2-6,13H,1H3,(H,11,12). The van der Waals surface area contributed by atoms with Crippen molar-refractivity contribution in [2.75, 3.05) is 7.11 Å². The minimum absolute atomic E-state index is 0.152. The van der Waals surface area contributed by atoms with Gasteiger partial charge in [0.2, 0.25) is 0 Å². The van der Waals surface area contributed by atoms with Crippen molar-refractivity contribution in [3.63, 3.8) is 0 Å². The molecule has 2 aromatic rings. The first-order valence-corrected chi connectivity index (χ1v) is 4.18. The Morgan fingerprint density at radius 1 is 1.43 bits per heavy atom. The number of aromatic hydroxyl groups is 1. The molecule has 1 aromatic heterocycles. The van der Waals surface area contributed by atoms with E-state index in [2.05, 4.69) is 9.97 Å². The van der Waals surface area contributed by atoms with Gasteiger partial charge in [-0.15, -0.1) is 0 Å². The average Bonchev–Trinajstić information content (AvgIpc) is 2.70. The molecule has 14 heavy (non-hydrogen) atoms. The largest absolute Gasteiger partial charge is 0.507 e. The molecule has 4 nitrogen and oxygen atoms in total. The number of methoxy groups -OCH3 is 1. The van der Waals surface area contributed by atoms with Gasteiger partial charge in [0.25, 0.3) is 0 Å². The SMILES string of the molecule is COc1cccc(O)c1-c1ncc[nH]1. The molecule has 1 heterocycles. The van der Waals surface area contributed by atoms with E-state index >= 15 is 0 Å². The van der Waals surface area contributed by atoms with Crippen LogP contribution in [-0.2, 0) is 0 Å². The van der Waals surface area contributed by atoms with Gasteiger partial charge in [0.1, 0.15) is 22.9 Å². The molecule has 72 valence electrons. The van der Waals surface area contributed by atoms with Crippen LogP contribution in [0.25, 0.3) is 11.4 Å². The monoisotopic (exact) mass is 190 g/mol. The number of nitrogens with zero attached hydrogens (tertiary/aromatic N) is 1. The minimum atomic E-state index is 0.152. The number of phenolic OH excluding ortho intramolecular Hbond substituents is 1. The smallest absolute Gasteiger partial charge is 0.144 e. The summed E-state index contributed by atoms with van der Waals surface area (Å²) in [7, 11) is 1.56. The molecule has 0 amide bonds. The first-order chi connectivity index (χ1) is 6.83. The number of phenols is 1. The van der Waals surface area contributed by atoms with Crippen molar-refractivity contribution < 1.29 is 9.84 Å². The van der Waals surface area contributed by atoms with Crippen LogP contribution in [0, 0.1) is 0 Å². The molecule has 1 aromatic carbocycles. The van der Waals surface area contributed by atoms with E-state index in [1.807, 2.05) is 0 Å². The van der Waals surface area contributed by atoms with Gasteiger partial charge in [-0.1, -0.05) is 6.07 Å². The van der Waals surface area contributed by atoms with Gasteiger partial charge in [-0.25, -0.2) is 4.98 Å². The lowest BCUT2D eigenvalue weighted by molar-refractivity contribution is 0.410. The third kappa shape index (κ3) is 1.31. The summed E-state index contributed by atoms with van der Waals surface area (Å²) in [5.74, 6) is 1.35. The molecule has 0 saturated heterocycles. The Labute approximate surface area is 81.2 Å². The number of hydrogen-bond donors (Lipinski definition) is 2. The molecular weight excluding hydrogens is 180 g/mol. The number of rotatable bonds is 2. The maximum Gasteiger partial charge on any atom is 0.144 e. The van der Waals surface area contributed by atoms with Crippen LogP contribution < -0.4 is 4.74 Å². The molecule has 2 rings (SSSR count). The van der Waals surface area contributed by atoms with Gasteiger partial charge in [0.05, 0.1) is 7.11 Å². The Morgan fingerprint density at radius 2 is 2.29 bits per heavy atom. The fraction of sp³-hybridized carbons (Fsp3) is 0.100. The molecule has 2 N–H and O–H groups in total. The van der Waals surface area contributed by atoms with Crippen molar-refractivity contribution >= 4 is 0 Å². The number of aromatic amines is 1. The predicted octanol–water partition coefficient (Wildman–Crippen LogP) is 1.79. The molecule has 0 atom stereocenters. The number of aromatic nitrogens is 2. The van der Waals surface area contributed by atoms with E-state index in [4.69, 9.17) is 4.74 Å². The van der Waals surface area contributed by atoms with Crippen LogP contribution in [-0.4, -0.2) is 22.2 Å². The highest BCUT2D eigenvalue weighted by Gasteiger charge is 2.12. The number of nitrogens with one attached hydrogen (secondary N) is 1. The quantitative estimate of drug-likeness (QED) is 0.759. The Balaban J connectivity index is 2.61. The van der Waals surface area contributed by atoms with Gasteiger partial charge in [-0.3, -0.25) is 0 Å². The summed E-state index contributed by atoms with van der Waals surface area (Å²) in [4.78, 5) is 6.98. The van der Waals surface area contributed by atoms with Gasteiger partial charge in [-0.2, -0.15) is 0 Å². The highest BCUT2D eigenvalue weighted by molar-refractivity contribution is 5.71. The van der Waals surface area contributed by atoms with Gasteiger partial charge in [0, 0.05) is 12.4 Å². The topological polar surface area (TPSA) is 58.1 Å². The number of imidazole rings is 1. The summed E-state index contributed by atoms with van der Waals surface area (Å²) in [5.41, 5.74) is 0.583. The summed E-state index contributed by atoms with van der Waals surface area (Å²) >= 11 is 0. The van der Waals surface area contributed by atoms with Gasteiger partial charge in [0.15, 0.2) is 0 Å². The molecule has 0 aliphatic heterocycles. The highest BCUT2D eigenvalue weighted by atomic mass is 16.5. The van der Waals surface area contributed by atoms with Crippen LogP contribution in [0.2, 0.25) is 0 Å². The first kappa shape index (κ1) is 8.62. The van der Waals surface area contributed by atoms with Gasteiger partial charge < -0.3 is 14.8 Å². The van der Waals surface area contributed by atoms with Crippen molar-refractivity contribution in [3.05, 3.63) is 30.6 Å². The van der Waals surface area contributed by atoms with Crippen LogP contribution in [0.15, 0.2) is 30.6 Å². The van der Waals surface area contributed by atoms with E-state index in [1.54, 1.807) is 37.7 Å². The first-order valence-electron chi connectivity index (χ1n) is 4.18. The third-order valence-corrected chi connectivity index (χ3v) is 1.96. The lowest BCUT2D eigenvalue weighted by Crippen LogP contribution is -1.89. The summed E-state index contributed by atoms with van der Waals surface area (Å²) in [6.07, 6.45) is 3.32. The number of ether oxygens (including phenoxy) is 1. The lowest BCUT2D eigenvalue weighted by Gasteiger charge is -2.07. The van der Waals surface area contributed by atoms with Crippen molar-refractivity contribution in [2.24, 2.45) is 0 Å². The fourth-order valence-corrected chi connectivity index (χ4v) is 1.33. The van der Waals surface area contributed by atoms with E-state index < -0.39 is 0 Å². The van der Waals surface area contributed by atoms with E-state index in [0.717, 1.165) is 0 Å². The summed E-state index contributed by atoms with van der Waals surface area (Å²) in [6, 6.07) is 5.10. The zero-order valence-electron chi connectivity index (χ0n) is 7.69. The van der Waals surface area contributed by atoms with Crippen molar-refractivity contribution in [2.45, 2.75) is 0 Å². The second kappa shape index (κ2) is 3.41. The van der Waals surface area contributed by atoms with E-state index in [0.29, 0.717) is 17.1 Å². The molecule has 4 heteroatoms. The zero-order chi connectivity index (χ0) is 9.97. The second-order valence-electron chi connectivity index (χ2n) is 2.79. The zero-order valence-corrected chi connectivity index (χ0v) is 7.69. The molecule has 0 aliphatic rings. The Hall–Kier alpha value is -1.97. The van der Waals surface area contributed by atoms with Crippen LogP contribution in [0.4, 0.5) is 0 Å². The molecule has 0 saturated carbocycles. The van der Waals surface area contributed by atoms with Crippen LogP contribution in [0.1, 0.15) is 0 Å². The normalized spacial score (nSPS) is 10.1. The Bertz CT molecular complexity index is 424. The number of benzene rings is 1. The molecule has 0 aliphatic carbocycles. The van der Waals surface area contributed by atoms with E-state index in [9.17, 15) is 5.11 Å². The van der Waals surface area contributed by atoms with Crippen LogP contribution in [0.5, 0.6) is 11.5 Å². The van der Waals surface area contributed by atoms with Gasteiger partial charge >= 0.3 is 0 Å². The maximum atomic E-state index is 9.65. The van der Waals surface area contributed by atoms with Crippen molar-refractivity contribution in [1.82, 2.24) is 9.97 Å². The molecular formula is C10H10N2O2. The molecule has 0 spiro atoms. The summed E-state index contributed by atoms with van der Waals surface area (Å²) in [6.45, 7) is 0. The van der Waals surface area contributed by atoms with Crippen LogP contribution in [0.3, 0.4) is 0 Å². The second-order valence-corrected chi connectivity index (χ2v) is 2.79. The summed E-state index contributed by atoms with van der Waals surface area (Å²) < 4.78 is 5.13. The van der Waals surface area contributed by atoms with E-state index in [-0.39, 0.29) is 5.75 Å². The van der Waals surface area contributed by atoms with E-state index in [1.165, 1.54) is 0 Å². The summed E-state index contributed by atoms with van der Waals surface area (Å²) in [5, 5.41) is 9.65. The minimum Gasteiger partial charge on any atom is -0.507 e. The molecule has 0 radical (unpaired) electrons. The molecule has 0 bridgehead atoms. The Kier molecular flexibility index (Phi) is 2.10. The average molecular weight is 190 g/mol. The van der Waals surface area contributed by atoms with Gasteiger partial charge in [-0.05, 0) is 12.1 Å². The Morgan fingerprint density at radius 3 is 2.93 bits per heavy atom. The molecule has 0 fully saturated rings. The van der Waals surface area contributed by atoms with Crippen LogP contribution >= 0.6 is 0 Å². The highest BCUT2D eigenvalue weighted by Crippen LogP contribution is 2.34. The lowest BCUT2D eigenvalue weighted by atomic mass is 10.1. The number of H-pyrrole nitrogens is 1.